The molecule has 1 aromatic rings. The highest BCUT2D eigenvalue weighted by Crippen LogP contribution is 2.14. The van der Waals surface area contributed by atoms with Gasteiger partial charge in [0, 0.05) is 12.6 Å². The number of nitrogens with two attached hydrogens (primary N) is 1. The molecule has 0 unspecified atom stereocenters. The highest BCUT2D eigenvalue weighted by Gasteiger charge is 2.16. The summed E-state index contributed by atoms with van der Waals surface area (Å²) in [6.45, 7) is 5.49. The second-order valence-corrected chi connectivity index (χ2v) is 6.61. The average molecular weight is 299 g/mol. The summed E-state index contributed by atoms with van der Waals surface area (Å²) in [7, 11) is -3.69. The summed E-state index contributed by atoms with van der Waals surface area (Å²) < 4.78 is 26.4. The second-order valence-electron chi connectivity index (χ2n) is 4.84. The van der Waals surface area contributed by atoms with E-state index in [9.17, 15) is 13.2 Å². The van der Waals surface area contributed by atoms with Crippen LogP contribution in [0.25, 0.3) is 0 Å². The van der Waals surface area contributed by atoms with Crippen molar-refractivity contribution < 1.29 is 13.2 Å². The van der Waals surface area contributed by atoms with Gasteiger partial charge in [-0.1, -0.05) is 6.07 Å². The van der Waals surface area contributed by atoms with Crippen LogP contribution < -0.4 is 15.8 Å². The number of sulfonamides is 1. The Labute approximate surface area is 119 Å². The summed E-state index contributed by atoms with van der Waals surface area (Å²) in [4.78, 5) is 11.6. The lowest BCUT2D eigenvalue weighted by atomic mass is 10.1. The molecule has 0 heterocycles. The van der Waals surface area contributed by atoms with Gasteiger partial charge >= 0.3 is 0 Å². The van der Waals surface area contributed by atoms with Crippen molar-refractivity contribution in [2.24, 2.45) is 5.73 Å². The molecule has 1 amide bonds. The van der Waals surface area contributed by atoms with E-state index in [4.69, 9.17) is 5.73 Å². The van der Waals surface area contributed by atoms with Crippen LogP contribution in [0.15, 0.2) is 23.1 Å². The molecule has 0 atom stereocenters. The molecule has 0 fully saturated rings. The molecule has 4 N–H and O–H groups in total. The molecule has 0 aromatic heterocycles. The van der Waals surface area contributed by atoms with Crippen LogP contribution in [-0.2, 0) is 21.4 Å². The van der Waals surface area contributed by atoms with Crippen LogP contribution in [0, 0.1) is 6.92 Å². The van der Waals surface area contributed by atoms with E-state index in [-0.39, 0.29) is 23.4 Å². The third-order valence-corrected chi connectivity index (χ3v) is 4.12. The summed E-state index contributed by atoms with van der Waals surface area (Å²) in [6.07, 6.45) is 0. The van der Waals surface area contributed by atoms with Crippen LogP contribution in [-0.4, -0.2) is 26.9 Å². The lowest BCUT2D eigenvalue weighted by Gasteiger charge is -2.11. The molecule has 0 aliphatic heterocycles. The summed E-state index contributed by atoms with van der Waals surface area (Å²) in [5.41, 5.74) is 7.23. The number of hydrogen-bond acceptors (Lipinski definition) is 4. The van der Waals surface area contributed by atoms with Crippen molar-refractivity contribution in [2.45, 2.75) is 38.3 Å². The van der Waals surface area contributed by atoms with Gasteiger partial charge in [-0.15, -0.1) is 0 Å². The fourth-order valence-corrected chi connectivity index (χ4v) is 2.75. The van der Waals surface area contributed by atoms with Crippen molar-refractivity contribution in [1.82, 2.24) is 10.0 Å². The minimum Gasteiger partial charge on any atom is -0.353 e. The Morgan fingerprint density at radius 3 is 2.50 bits per heavy atom. The Kier molecular flexibility index (Phi) is 5.67. The van der Waals surface area contributed by atoms with Gasteiger partial charge in [0.25, 0.3) is 0 Å². The number of hydrogen-bond donors (Lipinski definition) is 3. The van der Waals surface area contributed by atoms with E-state index < -0.39 is 10.0 Å². The van der Waals surface area contributed by atoms with Crippen molar-refractivity contribution >= 4 is 15.9 Å². The molecule has 0 radical (unpaired) electrons. The SMILES string of the molecule is Cc1cc(S(=O)(=O)NCC(=O)NC(C)C)ccc1CN. The van der Waals surface area contributed by atoms with Gasteiger partial charge in [0.2, 0.25) is 15.9 Å². The number of rotatable bonds is 6. The predicted octanol–water partition coefficient (Wildman–Crippen LogP) is 0.257. The first-order valence-electron chi connectivity index (χ1n) is 6.35. The zero-order chi connectivity index (χ0) is 15.3. The third kappa shape index (κ3) is 4.59. The molecule has 20 heavy (non-hydrogen) atoms. The number of aryl methyl sites for hydroxylation is 1. The van der Waals surface area contributed by atoms with Gasteiger partial charge in [-0.3, -0.25) is 4.79 Å². The average Bonchev–Trinajstić information content (AvgIpc) is 2.35. The predicted molar refractivity (Wildman–Crippen MR) is 77.5 cm³/mol. The van der Waals surface area contributed by atoms with Crippen LogP contribution in [0.1, 0.15) is 25.0 Å². The molecule has 1 aromatic carbocycles. The molecule has 6 nitrogen and oxygen atoms in total. The van der Waals surface area contributed by atoms with Gasteiger partial charge in [0.15, 0.2) is 0 Å². The van der Waals surface area contributed by atoms with Gasteiger partial charge in [0.1, 0.15) is 0 Å². The zero-order valence-corrected chi connectivity index (χ0v) is 12.8. The zero-order valence-electron chi connectivity index (χ0n) is 11.9. The van der Waals surface area contributed by atoms with Crippen LogP contribution in [0.5, 0.6) is 0 Å². The lowest BCUT2D eigenvalue weighted by Crippen LogP contribution is -2.39. The van der Waals surface area contributed by atoms with Crippen LogP contribution >= 0.6 is 0 Å². The third-order valence-electron chi connectivity index (χ3n) is 2.72. The van der Waals surface area contributed by atoms with Crippen molar-refractivity contribution in [3.05, 3.63) is 29.3 Å². The highest BCUT2D eigenvalue weighted by atomic mass is 32.2. The molecule has 7 heteroatoms. The van der Waals surface area contributed by atoms with E-state index in [1.165, 1.54) is 6.07 Å². The van der Waals surface area contributed by atoms with E-state index in [1.54, 1.807) is 32.9 Å². The number of carbonyl (C=O) groups excluding carboxylic acids is 1. The monoisotopic (exact) mass is 299 g/mol. The van der Waals surface area contributed by atoms with Gasteiger partial charge in [-0.05, 0) is 44.0 Å². The van der Waals surface area contributed by atoms with E-state index >= 15 is 0 Å². The quantitative estimate of drug-likeness (QED) is 0.701. The first-order chi connectivity index (χ1) is 9.26. The first-order valence-corrected chi connectivity index (χ1v) is 7.83. The molecule has 1 rings (SSSR count). The lowest BCUT2D eigenvalue weighted by molar-refractivity contribution is -0.120. The largest absolute Gasteiger partial charge is 0.353 e. The summed E-state index contributed by atoms with van der Waals surface area (Å²) in [5.74, 6) is -0.362. The van der Waals surface area contributed by atoms with Gasteiger partial charge < -0.3 is 11.1 Å². The van der Waals surface area contributed by atoms with E-state index in [1.807, 2.05) is 0 Å². The number of nitrogens with one attached hydrogen (secondary N) is 2. The Hall–Kier alpha value is -1.44. The minimum absolute atomic E-state index is 0.0295. The fourth-order valence-electron chi connectivity index (χ4n) is 1.68. The fraction of sp³-hybridized carbons (Fsp3) is 0.462. The Bertz CT molecular complexity index is 583. The number of benzene rings is 1. The smallest absolute Gasteiger partial charge is 0.241 e. The molecular weight excluding hydrogens is 278 g/mol. The minimum atomic E-state index is -3.69. The van der Waals surface area contributed by atoms with Crippen molar-refractivity contribution in [1.29, 1.82) is 0 Å². The Morgan fingerprint density at radius 2 is 2.00 bits per heavy atom. The Balaban J connectivity index is 2.79. The Morgan fingerprint density at radius 1 is 1.35 bits per heavy atom. The molecule has 0 spiro atoms. The number of amides is 1. The highest BCUT2D eigenvalue weighted by molar-refractivity contribution is 7.89. The topological polar surface area (TPSA) is 101 Å². The molecule has 112 valence electrons. The van der Waals surface area contributed by atoms with Crippen molar-refractivity contribution in [3.63, 3.8) is 0 Å². The van der Waals surface area contributed by atoms with Crippen LogP contribution in [0.3, 0.4) is 0 Å². The second kappa shape index (κ2) is 6.83. The summed E-state index contributed by atoms with van der Waals surface area (Å²) in [6, 6.07) is 4.68. The van der Waals surface area contributed by atoms with Crippen molar-refractivity contribution in [2.75, 3.05) is 6.54 Å². The molecule has 0 aliphatic rings. The molecular formula is C13H21N3O3S. The van der Waals surface area contributed by atoms with Gasteiger partial charge in [-0.2, -0.15) is 0 Å². The molecule has 0 saturated carbocycles. The first kappa shape index (κ1) is 16.6. The maximum absolute atomic E-state index is 12.1. The van der Waals surface area contributed by atoms with E-state index in [0.717, 1.165) is 11.1 Å². The molecule has 0 bridgehead atoms. The standard InChI is InChI=1S/C13H21N3O3S/c1-9(2)16-13(17)8-15-20(18,19)12-5-4-11(7-14)10(3)6-12/h4-6,9,15H,7-8,14H2,1-3H3,(H,16,17). The maximum atomic E-state index is 12.1. The van der Waals surface area contributed by atoms with Crippen molar-refractivity contribution in [3.8, 4) is 0 Å². The summed E-state index contributed by atoms with van der Waals surface area (Å²) in [5, 5.41) is 2.61. The van der Waals surface area contributed by atoms with E-state index in [2.05, 4.69) is 10.0 Å². The number of carbonyl (C=O) groups is 1. The van der Waals surface area contributed by atoms with Gasteiger partial charge in [0.05, 0.1) is 11.4 Å². The van der Waals surface area contributed by atoms with Crippen LogP contribution in [0.4, 0.5) is 0 Å². The normalized spacial score (nSPS) is 11.7. The summed E-state index contributed by atoms with van der Waals surface area (Å²) >= 11 is 0. The van der Waals surface area contributed by atoms with Crippen LogP contribution in [0.2, 0.25) is 0 Å². The van der Waals surface area contributed by atoms with Gasteiger partial charge in [-0.25, -0.2) is 13.1 Å². The van der Waals surface area contributed by atoms with E-state index in [0.29, 0.717) is 6.54 Å². The maximum Gasteiger partial charge on any atom is 0.241 e. The molecule has 0 saturated heterocycles. The molecule has 0 aliphatic carbocycles.